The second kappa shape index (κ2) is 9.24. The number of nitrogens with zero attached hydrogens (tertiary/aromatic N) is 3. The van der Waals surface area contributed by atoms with Gasteiger partial charge in [-0.3, -0.25) is 0 Å². The molecule has 6 heteroatoms. The Morgan fingerprint density at radius 1 is 0.867 bits per heavy atom. The number of aromatic nitrogens is 3. The van der Waals surface area contributed by atoms with E-state index in [9.17, 15) is 0 Å². The maximum atomic E-state index is 5.97. The molecule has 0 atom stereocenters. The van der Waals surface area contributed by atoms with Gasteiger partial charge in [-0.05, 0) is 29.3 Å². The van der Waals surface area contributed by atoms with E-state index in [4.69, 9.17) is 15.2 Å². The molecule has 0 saturated carbocycles. The topological polar surface area (TPSA) is 75.2 Å². The summed E-state index contributed by atoms with van der Waals surface area (Å²) >= 11 is 0. The second-order valence-electron chi connectivity index (χ2n) is 6.84. The predicted octanol–water partition coefficient (Wildman–Crippen LogP) is 4.04. The van der Waals surface area contributed by atoms with E-state index in [1.54, 1.807) is 7.11 Å². The van der Waals surface area contributed by atoms with Crippen molar-refractivity contribution in [2.75, 3.05) is 7.11 Å². The first-order valence-corrected chi connectivity index (χ1v) is 9.79. The lowest BCUT2D eigenvalue weighted by Gasteiger charge is -2.13. The summed E-state index contributed by atoms with van der Waals surface area (Å²) in [6, 6.07) is 26.0. The summed E-state index contributed by atoms with van der Waals surface area (Å²) in [4.78, 5) is 4.62. The van der Waals surface area contributed by atoms with Crippen molar-refractivity contribution in [3.63, 3.8) is 0 Å². The summed E-state index contributed by atoms with van der Waals surface area (Å²) in [5, 5.41) is 4.56. The van der Waals surface area contributed by atoms with Crippen molar-refractivity contribution >= 4 is 0 Å². The van der Waals surface area contributed by atoms with Gasteiger partial charge in [0.2, 0.25) is 0 Å². The molecule has 0 saturated heterocycles. The molecule has 0 bridgehead atoms. The lowest BCUT2D eigenvalue weighted by atomic mass is 10.1. The van der Waals surface area contributed by atoms with E-state index in [0.29, 0.717) is 30.5 Å². The highest BCUT2D eigenvalue weighted by Crippen LogP contribution is 2.32. The Kier molecular flexibility index (Phi) is 6.06. The van der Waals surface area contributed by atoms with Crippen LogP contribution in [0.25, 0.3) is 11.4 Å². The third kappa shape index (κ3) is 4.50. The molecule has 4 rings (SSSR count). The maximum Gasteiger partial charge on any atom is 0.164 e. The van der Waals surface area contributed by atoms with Gasteiger partial charge in [0.25, 0.3) is 0 Å². The van der Waals surface area contributed by atoms with E-state index in [0.717, 1.165) is 22.5 Å². The van der Waals surface area contributed by atoms with Crippen molar-refractivity contribution in [2.45, 2.75) is 19.7 Å². The summed E-state index contributed by atoms with van der Waals surface area (Å²) in [6.07, 6.45) is 0. The molecule has 0 fully saturated rings. The average Bonchev–Trinajstić information content (AvgIpc) is 3.21. The normalized spacial score (nSPS) is 10.7. The van der Waals surface area contributed by atoms with Crippen LogP contribution in [0.5, 0.6) is 11.5 Å². The quantitative estimate of drug-likeness (QED) is 0.483. The van der Waals surface area contributed by atoms with Crippen molar-refractivity contribution in [2.24, 2.45) is 5.73 Å². The van der Waals surface area contributed by atoms with Crippen molar-refractivity contribution in [1.82, 2.24) is 14.8 Å². The molecule has 0 aliphatic heterocycles. The minimum absolute atomic E-state index is 0.282. The first-order valence-electron chi connectivity index (χ1n) is 9.79. The lowest BCUT2D eigenvalue weighted by Crippen LogP contribution is -2.05. The Bertz CT molecular complexity index is 1090. The van der Waals surface area contributed by atoms with E-state index in [1.165, 1.54) is 0 Å². The molecule has 2 N–H and O–H groups in total. The van der Waals surface area contributed by atoms with Crippen molar-refractivity contribution < 1.29 is 9.47 Å². The van der Waals surface area contributed by atoms with Crippen molar-refractivity contribution in [3.8, 4) is 22.9 Å². The Balaban J connectivity index is 1.61. The molecule has 6 nitrogen and oxygen atoms in total. The van der Waals surface area contributed by atoms with Crippen LogP contribution in [-0.4, -0.2) is 21.9 Å². The number of hydrogen-bond donors (Lipinski definition) is 1. The average molecular weight is 400 g/mol. The van der Waals surface area contributed by atoms with Crippen LogP contribution in [0.1, 0.15) is 17.0 Å². The van der Waals surface area contributed by atoms with Gasteiger partial charge in [-0.2, -0.15) is 5.10 Å². The van der Waals surface area contributed by atoms with Gasteiger partial charge in [-0.25, -0.2) is 9.67 Å². The number of hydrogen-bond acceptors (Lipinski definition) is 5. The zero-order chi connectivity index (χ0) is 20.8. The van der Waals surface area contributed by atoms with Gasteiger partial charge in [0, 0.05) is 5.56 Å². The molecule has 0 aliphatic carbocycles. The maximum absolute atomic E-state index is 5.97. The Morgan fingerprint density at radius 2 is 1.57 bits per heavy atom. The van der Waals surface area contributed by atoms with E-state index in [-0.39, 0.29) is 6.54 Å². The third-order valence-corrected chi connectivity index (χ3v) is 4.73. The predicted molar refractivity (Wildman–Crippen MR) is 116 cm³/mol. The Labute approximate surface area is 175 Å². The number of ether oxygens (including phenoxy) is 2. The Hall–Kier alpha value is -3.64. The van der Waals surface area contributed by atoms with Crippen LogP contribution in [0.3, 0.4) is 0 Å². The van der Waals surface area contributed by atoms with Crippen LogP contribution < -0.4 is 15.2 Å². The van der Waals surface area contributed by atoms with Crippen LogP contribution in [0, 0.1) is 0 Å². The van der Waals surface area contributed by atoms with Crippen LogP contribution in [-0.2, 0) is 19.7 Å². The summed E-state index contributed by atoms with van der Waals surface area (Å²) in [5.41, 5.74) is 8.92. The summed E-state index contributed by atoms with van der Waals surface area (Å²) in [6.45, 7) is 1.36. The minimum atomic E-state index is 0.282. The number of methoxy groups -OCH3 is 1. The zero-order valence-corrected chi connectivity index (χ0v) is 16.9. The van der Waals surface area contributed by atoms with Gasteiger partial charge >= 0.3 is 0 Å². The smallest absolute Gasteiger partial charge is 0.164 e. The molecule has 1 heterocycles. The SMILES string of the molecule is COc1cc(-c2nc(CN)nn2Cc2ccccc2)ccc1OCc1ccccc1. The van der Waals surface area contributed by atoms with Gasteiger partial charge < -0.3 is 15.2 Å². The second-order valence-corrected chi connectivity index (χ2v) is 6.84. The highest BCUT2D eigenvalue weighted by molar-refractivity contribution is 5.61. The van der Waals surface area contributed by atoms with Crippen LogP contribution in [0.2, 0.25) is 0 Å². The van der Waals surface area contributed by atoms with E-state index in [1.807, 2.05) is 71.4 Å². The van der Waals surface area contributed by atoms with Crippen LogP contribution >= 0.6 is 0 Å². The number of nitrogens with two attached hydrogens (primary N) is 1. The molecular formula is C24H24N4O2. The summed E-state index contributed by atoms with van der Waals surface area (Å²) in [5.74, 6) is 2.67. The molecule has 0 spiro atoms. The van der Waals surface area contributed by atoms with Gasteiger partial charge in [0.1, 0.15) is 6.61 Å². The number of benzene rings is 3. The van der Waals surface area contributed by atoms with Gasteiger partial charge in [-0.1, -0.05) is 60.7 Å². The van der Waals surface area contributed by atoms with Crippen molar-refractivity contribution in [1.29, 1.82) is 0 Å². The molecular weight excluding hydrogens is 376 g/mol. The number of rotatable bonds is 8. The first kappa shape index (κ1) is 19.7. The van der Waals surface area contributed by atoms with Crippen molar-refractivity contribution in [3.05, 3.63) is 95.8 Å². The third-order valence-electron chi connectivity index (χ3n) is 4.73. The molecule has 30 heavy (non-hydrogen) atoms. The molecule has 4 aromatic rings. The zero-order valence-electron chi connectivity index (χ0n) is 16.9. The molecule has 152 valence electrons. The van der Waals surface area contributed by atoms with Gasteiger partial charge in [0.05, 0.1) is 20.2 Å². The standard InChI is InChI=1S/C24H24N4O2/c1-29-22-14-20(12-13-21(22)30-17-19-10-6-3-7-11-19)24-26-23(15-25)27-28(24)16-18-8-4-2-5-9-18/h2-14H,15-17,25H2,1H3. The Morgan fingerprint density at radius 3 is 2.23 bits per heavy atom. The fraction of sp³-hybridized carbons (Fsp3) is 0.167. The molecule has 0 radical (unpaired) electrons. The first-order chi connectivity index (χ1) is 14.8. The van der Waals surface area contributed by atoms with E-state index < -0.39 is 0 Å². The molecule has 1 aromatic heterocycles. The monoisotopic (exact) mass is 400 g/mol. The molecule has 0 amide bonds. The van der Waals surface area contributed by atoms with E-state index >= 15 is 0 Å². The van der Waals surface area contributed by atoms with Gasteiger partial charge in [-0.15, -0.1) is 0 Å². The summed E-state index contributed by atoms with van der Waals surface area (Å²) in [7, 11) is 1.63. The van der Waals surface area contributed by atoms with Gasteiger partial charge in [0.15, 0.2) is 23.1 Å². The molecule has 0 aliphatic rings. The highest BCUT2D eigenvalue weighted by atomic mass is 16.5. The molecule has 0 unspecified atom stereocenters. The van der Waals surface area contributed by atoms with Crippen LogP contribution in [0.4, 0.5) is 0 Å². The van der Waals surface area contributed by atoms with Crippen LogP contribution in [0.15, 0.2) is 78.9 Å². The summed E-state index contributed by atoms with van der Waals surface area (Å²) < 4.78 is 13.4. The lowest BCUT2D eigenvalue weighted by molar-refractivity contribution is 0.284. The highest BCUT2D eigenvalue weighted by Gasteiger charge is 2.15. The minimum Gasteiger partial charge on any atom is -0.493 e. The fourth-order valence-electron chi connectivity index (χ4n) is 3.22. The fourth-order valence-corrected chi connectivity index (χ4v) is 3.22. The molecule has 3 aromatic carbocycles. The largest absolute Gasteiger partial charge is 0.493 e. The van der Waals surface area contributed by atoms with E-state index in [2.05, 4.69) is 22.2 Å².